The van der Waals surface area contributed by atoms with Gasteiger partial charge in [0.05, 0.1) is 19.8 Å². The molecule has 0 spiro atoms. The minimum absolute atomic E-state index is 0.114. The number of halogens is 1. The lowest BCUT2D eigenvalue weighted by atomic mass is 10.2. The fraction of sp³-hybridized carbons (Fsp3) is 0.278. The summed E-state index contributed by atoms with van der Waals surface area (Å²) >= 11 is 0. The Morgan fingerprint density at radius 1 is 1.08 bits per heavy atom. The predicted octanol–water partition coefficient (Wildman–Crippen LogP) is 3.47. The lowest BCUT2D eigenvalue weighted by molar-refractivity contribution is 0.0228. The zero-order valence-electron chi connectivity index (χ0n) is 13.7. The molecule has 0 aliphatic heterocycles. The molecule has 0 amide bonds. The quantitative estimate of drug-likeness (QED) is 0.726. The van der Waals surface area contributed by atoms with Crippen LogP contribution in [0.1, 0.15) is 17.3 Å². The average molecular weight is 334 g/mol. The van der Waals surface area contributed by atoms with E-state index < -0.39 is 12.1 Å². The van der Waals surface area contributed by atoms with Crippen LogP contribution in [0.4, 0.5) is 4.39 Å². The summed E-state index contributed by atoms with van der Waals surface area (Å²) in [7, 11) is 3.00. The number of methoxy groups -OCH3 is 2. The first-order chi connectivity index (χ1) is 11.5. The summed E-state index contributed by atoms with van der Waals surface area (Å²) in [6.07, 6.45) is -0.506. The third-order valence-electron chi connectivity index (χ3n) is 3.21. The van der Waals surface area contributed by atoms with E-state index in [0.29, 0.717) is 22.8 Å². The summed E-state index contributed by atoms with van der Waals surface area (Å²) in [4.78, 5) is 12.2. The van der Waals surface area contributed by atoms with Crippen molar-refractivity contribution in [2.24, 2.45) is 0 Å². The molecule has 0 radical (unpaired) electrons. The molecule has 0 fully saturated rings. The summed E-state index contributed by atoms with van der Waals surface area (Å²) in [5, 5.41) is 0. The van der Waals surface area contributed by atoms with Gasteiger partial charge in [0.15, 0.2) is 11.5 Å². The van der Waals surface area contributed by atoms with Crippen molar-refractivity contribution in [3.05, 3.63) is 53.8 Å². The number of hydrogen-bond donors (Lipinski definition) is 0. The van der Waals surface area contributed by atoms with Gasteiger partial charge in [0.2, 0.25) is 0 Å². The molecule has 0 saturated heterocycles. The van der Waals surface area contributed by atoms with Crippen LogP contribution in [0.15, 0.2) is 42.5 Å². The second-order valence-corrected chi connectivity index (χ2v) is 5.05. The average Bonchev–Trinajstić information content (AvgIpc) is 2.59. The molecule has 0 aliphatic carbocycles. The van der Waals surface area contributed by atoms with E-state index in [4.69, 9.17) is 18.9 Å². The first kappa shape index (κ1) is 17.6. The van der Waals surface area contributed by atoms with Gasteiger partial charge >= 0.3 is 5.97 Å². The summed E-state index contributed by atoms with van der Waals surface area (Å²) in [6, 6.07) is 10.5. The molecule has 0 N–H and O–H groups in total. The van der Waals surface area contributed by atoms with Gasteiger partial charge in [-0.25, -0.2) is 9.18 Å². The van der Waals surface area contributed by atoms with Gasteiger partial charge in [-0.3, -0.25) is 0 Å². The fourth-order valence-corrected chi connectivity index (χ4v) is 2.02. The molecule has 0 heterocycles. The van der Waals surface area contributed by atoms with Crippen LogP contribution < -0.4 is 14.2 Å². The fourth-order valence-electron chi connectivity index (χ4n) is 2.02. The van der Waals surface area contributed by atoms with Crippen molar-refractivity contribution >= 4 is 5.97 Å². The van der Waals surface area contributed by atoms with E-state index in [1.165, 1.54) is 26.4 Å². The topological polar surface area (TPSA) is 54.0 Å². The molecule has 6 heteroatoms. The summed E-state index contributed by atoms with van der Waals surface area (Å²) < 4.78 is 34.1. The highest BCUT2D eigenvalue weighted by Gasteiger charge is 2.15. The molecular weight excluding hydrogens is 315 g/mol. The molecule has 2 rings (SSSR count). The van der Waals surface area contributed by atoms with E-state index in [0.717, 1.165) is 0 Å². The van der Waals surface area contributed by atoms with Crippen LogP contribution >= 0.6 is 0 Å². The van der Waals surface area contributed by atoms with Crippen LogP contribution in [-0.2, 0) is 4.74 Å². The number of carbonyl (C=O) groups is 1. The molecule has 5 nitrogen and oxygen atoms in total. The highest BCUT2D eigenvalue weighted by Crippen LogP contribution is 2.27. The number of esters is 1. The van der Waals surface area contributed by atoms with Crippen LogP contribution in [0.3, 0.4) is 0 Å². The first-order valence-corrected chi connectivity index (χ1v) is 7.35. The maximum absolute atomic E-state index is 13.1. The van der Waals surface area contributed by atoms with Gasteiger partial charge in [0, 0.05) is 6.07 Å². The Bertz CT molecular complexity index is 702. The third-order valence-corrected chi connectivity index (χ3v) is 3.21. The van der Waals surface area contributed by atoms with Crippen molar-refractivity contribution in [3.8, 4) is 17.2 Å². The second-order valence-electron chi connectivity index (χ2n) is 5.05. The van der Waals surface area contributed by atoms with Crippen LogP contribution in [0.5, 0.6) is 17.2 Å². The smallest absolute Gasteiger partial charge is 0.338 e. The largest absolute Gasteiger partial charge is 0.493 e. The molecule has 0 bridgehead atoms. The van der Waals surface area contributed by atoms with Gasteiger partial charge in [-0.15, -0.1) is 0 Å². The standard InChI is InChI=1S/C18H19FO5/c1-12(11-23-15-6-4-5-14(19)10-15)24-18(20)13-7-8-16(21-2)17(9-13)22-3/h4-10,12H,11H2,1-3H3. The van der Waals surface area contributed by atoms with E-state index in [-0.39, 0.29) is 12.4 Å². The molecule has 1 atom stereocenters. The van der Waals surface area contributed by atoms with Crippen LogP contribution in [0, 0.1) is 5.82 Å². The van der Waals surface area contributed by atoms with E-state index in [1.807, 2.05) is 0 Å². The second kappa shape index (κ2) is 8.19. The Hall–Kier alpha value is -2.76. The predicted molar refractivity (Wildman–Crippen MR) is 86.3 cm³/mol. The lowest BCUT2D eigenvalue weighted by Crippen LogP contribution is -2.22. The van der Waals surface area contributed by atoms with Gasteiger partial charge < -0.3 is 18.9 Å². The third kappa shape index (κ3) is 4.62. The summed E-state index contributed by atoms with van der Waals surface area (Å²) in [5.41, 5.74) is 0.338. The summed E-state index contributed by atoms with van der Waals surface area (Å²) in [6.45, 7) is 1.81. The minimum Gasteiger partial charge on any atom is -0.493 e. The van der Waals surface area contributed by atoms with Gasteiger partial charge in [-0.1, -0.05) is 6.07 Å². The number of benzene rings is 2. The zero-order chi connectivity index (χ0) is 17.5. The van der Waals surface area contributed by atoms with Crippen LogP contribution in [0.25, 0.3) is 0 Å². The van der Waals surface area contributed by atoms with E-state index in [1.54, 1.807) is 37.3 Å². The Kier molecular flexibility index (Phi) is 6.01. The maximum atomic E-state index is 13.1. The van der Waals surface area contributed by atoms with Crippen molar-refractivity contribution in [1.82, 2.24) is 0 Å². The number of rotatable bonds is 7. The van der Waals surface area contributed by atoms with Crippen molar-refractivity contribution in [2.75, 3.05) is 20.8 Å². The van der Waals surface area contributed by atoms with Gasteiger partial charge in [-0.2, -0.15) is 0 Å². The van der Waals surface area contributed by atoms with E-state index in [9.17, 15) is 9.18 Å². The first-order valence-electron chi connectivity index (χ1n) is 7.35. The van der Waals surface area contributed by atoms with Gasteiger partial charge in [-0.05, 0) is 37.3 Å². The Labute approximate surface area is 139 Å². The normalized spacial score (nSPS) is 11.5. The van der Waals surface area contributed by atoms with Gasteiger partial charge in [0.1, 0.15) is 24.3 Å². The van der Waals surface area contributed by atoms with E-state index in [2.05, 4.69) is 0 Å². The number of carbonyl (C=O) groups excluding carboxylic acids is 1. The molecule has 1 unspecified atom stereocenters. The molecule has 0 saturated carbocycles. The van der Waals surface area contributed by atoms with Crippen molar-refractivity contribution in [1.29, 1.82) is 0 Å². The Morgan fingerprint density at radius 3 is 2.50 bits per heavy atom. The molecule has 2 aromatic rings. The molecule has 0 aromatic heterocycles. The van der Waals surface area contributed by atoms with Crippen molar-refractivity contribution < 1.29 is 28.1 Å². The molecule has 128 valence electrons. The number of hydrogen-bond acceptors (Lipinski definition) is 5. The monoisotopic (exact) mass is 334 g/mol. The number of ether oxygens (including phenoxy) is 4. The molecular formula is C18H19FO5. The minimum atomic E-state index is -0.508. The molecule has 2 aromatic carbocycles. The zero-order valence-corrected chi connectivity index (χ0v) is 13.7. The SMILES string of the molecule is COc1ccc(C(=O)OC(C)COc2cccc(F)c2)cc1OC. The summed E-state index contributed by atoms with van der Waals surface area (Å²) in [5.74, 6) is 0.449. The Balaban J connectivity index is 1.93. The molecule has 24 heavy (non-hydrogen) atoms. The van der Waals surface area contributed by atoms with Crippen molar-refractivity contribution in [2.45, 2.75) is 13.0 Å². The van der Waals surface area contributed by atoms with Crippen molar-refractivity contribution in [3.63, 3.8) is 0 Å². The van der Waals surface area contributed by atoms with Crippen LogP contribution in [0.2, 0.25) is 0 Å². The maximum Gasteiger partial charge on any atom is 0.338 e. The van der Waals surface area contributed by atoms with E-state index >= 15 is 0 Å². The van der Waals surface area contributed by atoms with Crippen LogP contribution in [-0.4, -0.2) is 32.9 Å². The lowest BCUT2D eigenvalue weighted by Gasteiger charge is -2.15. The highest BCUT2D eigenvalue weighted by atomic mass is 19.1. The highest BCUT2D eigenvalue weighted by molar-refractivity contribution is 5.90. The Morgan fingerprint density at radius 2 is 1.83 bits per heavy atom. The van der Waals surface area contributed by atoms with Gasteiger partial charge in [0.25, 0.3) is 0 Å². The molecule has 0 aliphatic rings.